The number of nitrogens with one attached hydrogen (secondary N) is 1. The van der Waals surface area contributed by atoms with Gasteiger partial charge in [0.2, 0.25) is 5.91 Å². The van der Waals surface area contributed by atoms with E-state index < -0.39 is 24.4 Å². The summed E-state index contributed by atoms with van der Waals surface area (Å²) in [5, 5.41) is 23.5. The van der Waals surface area contributed by atoms with Gasteiger partial charge in [-0.1, -0.05) is 31.4 Å². The zero-order chi connectivity index (χ0) is 24.8. The maximum absolute atomic E-state index is 13.8. The molecule has 0 radical (unpaired) electrons. The molecule has 0 spiro atoms. The van der Waals surface area contributed by atoms with E-state index in [1.165, 1.54) is 0 Å². The van der Waals surface area contributed by atoms with Crippen LogP contribution in [0.2, 0.25) is 0 Å². The highest BCUT2D eigenvalue weighted by Gasteiger charge is 2.45. The van der Waals surface area contributed by atoms with Crippen molar-refractivity contribution in [2.75, 3.05) is 19.8 Å². The van der Waals surface area contributed by atoms with E-state index in [4.69, 9.17) is 9.47 Å². The third kappa shape index (κ3) is 6.36. The molecule has 1 saturated heterocycles. The molecule has 8 nitrogen and oxygen atoms in total. The molecular weight excluding hydrogens is 563 g/mol. The summed E-state index contributed by atoms with van der Waals surface area (Å²) in [5.41, 5.74) is 0.450. The maximum Gasteiger partial charge on any atom is 0.252 e. The van der Waals surface area contributed by atoms with Crippen molar-refractivity contribution in [1.29, 1.82) is 0 Å². The van der Waals surface area contributed by atoms with Gasteiger partial charge in [-0.05, 0) is 66.5 Å². The average molecular weight is 598 g/mol. The maximum atomic E-state index is 13.8. The van der Waals surface area contributed by atoms with Crippen LogP contribution in [-0.2, 0) is 14.3 Å². The second-order valence-electron chi connectivity index (χ2n) is 9.49. The lowest BCUT2D eigenvalue weighted by molar-refractivity contribution is -0.152. The predicted octanol–water partition coefficient (Wildman–Crippen LogP) is 2.55. The number of ether oxygens (including phenoxy) is 2. The zero-order valence-corrected chi connectivity index (χ0v) is 22.1. The minimum absolute atomic E-state index is 0.00235. The normalized spacial score (nSPS) is 27.2. The molecule has 9 heteroatoms. The van der Waals surface area contributed by atoms with E-state index in [2.05, 4.69) is 27.9 Å². The first-order valence-electron chi connectivity index (χ1n) is 12.6. The van der Waals surface area contributed by atoms with E-state index in [0.717, 1.165) is 42.1 Å². The summed E-state index contributed by atoms with van der Waals surface area (Å²) in [5.74, 6) is 0.197. The fraction of sp³-hybridized carbons (Fsp3) is 0.615. The van der Waals surface area contributed by atoms with Crippen molar-refractivity contribution < 1.29 is 29.3 Å². The Kier molecular flexibility index (Phi) is 9.43. The monoisotopic (exact) mass is 598 g/mol. The number of benzene rings is 1. The van der Waals surface area contributed by atoms with Crippen LogP contribution in [0.5, 0.6) is 5.75 Å². The van der Waals surface area contributed by atoms with Gasteiger partial charge in [-0.2, -0.15) is 0 Å². The Balaban J connectivity index is 1.66. The Bertz CT molecular complexity index is 913. The number of nitrogens with zero attached hydrogens (tertiary/aromatic N) is 1. The number of halogens is 1. The minimum atomic E-state index is -1.01. The number of para-hydroxylation sites is 1. The number of hydrogen-bond donors (Lipinski definition) is 3. The summed E-state index contributed by atoms with van der Waals surface area (Å²) in [4.78, 5) is 28.5. The highest BCUT2D eigenvalue weighted by atomic mass is 127. The molecule has 2 amide bonds. The van der Waals surface area contributed by atoms with Crippen molar-refractivity contribution in [3.05, 3.63) is 39.5 Å². The molecule has 1 aromatic carbocycles. The van der Waals surface area contributed by atoms with Crippen LogP contribution in [0.1, 0.15) is 51.4 Å². The molecule has 35 heavy (non-hydrogen) atoms. The number of carbonyl (C=O) groups is 2. The highest BCUT2D eigenvalue weighted by molar-refractivity contribution is 14.1. The lowest BCUT2D eigenvalue weighted by Gasteiger charge is -2.46. The fourth-order valence-corrected chi connectivity index (χ4v) is 5.86. The van der Waals surface area contributed by atoms with Crippen LogP contribution in [-0.4, -0.2) is 77.1 Å². The van der Waals surface area contributed by atoms with Gasteiger partial charge in [-0.25, -0.2) is 0 Å². The number of aliphatic hydroxyl groups is 2. The first-order chi connectivity index (χ1) is 17.0. The second kappa shape index (κ2) is 12.5. The molecule has 4 atom stereocenters. The van der Waals surface area contributed by atoms with Gasteiger partial charge >= 0.3 is 0 Å². The summed E-state index contributed by atoms with van der Waals surface area (Å²) < 4.78 is 12.9. The van der Waals surface area contributed by atoms with Crippen LogP contribution in [0.3, 0.4) is 0 Å². The van der Waals surface area contributed by atoms with Crippen molar-refractivity contribution in [2.45, 2.75) is 81.8 Å². The van der Waals surface area contributed by atoms with Gasteiger partial charge in [-0.3, -0.25) is 9.59 Å². The van der Waals surface area contributed by atoms with Crippen molar-refractivity contribution >= 4 is 34.4 Å². The van der Waals surface area contributed by atoms with E-state index in [-0.39, 0.29) is 37.4 Å². The molecule has 3 aliphatic rings. The average Bonchev–Trinajstić information content (AvgIpc) is 3.42. The van der Waals surface area contributed by atoms with Crippen LogP contribution in [0, 0.1) is 3.57 Å². The van der Waals surface area contributed by atoms with Crippen molar-refractivity contribution in [3.8, 4) is 5.75 Å². The Morgan fingerprint density at radius 3 is 2.60 bits per heavy atom. The molecule has 2 fully saturated rings. The van der Waals surface area contributed by atoms with Crippen LogP contribution in [0.15, 0.2) is 35.9 Å². The molecule has 1 aliphatic heterocycles. The van der Waals surface area contributed by atoms with Gasteiger partial charge in [0.1, 0.15) is 24.1 Å². The number of amides is 2. The first-order valence-corrected chi connectivity index (χ1v) is 13.7. The molecule has 0 aromatic heterocycles. The molecule has 1 aromatic rings. The van der Waals surface area contributed by atoms with E-state index in [1.807, 2.05) is 29.2 Å². The SMILES string of the molecule is O=C(NCCO)C1=C[C@H](Oc2ccccc2I)[C@@H](O)[C@H](N(C(=O)C2CCCO2)C2CCCCC2)C1. The summed E-state index contributed by atoms with van der Waals surface area (Å²) >= 11 is 2.18. The quantitative estimate of drug-likeness (QED) is 0.398. The largest absolute Gasteiger partial charge is 0.482 e. The topological polar surface area (TPSA) is 108 Å². The second-order valence-corrected chi connectivity index (χ2v) is 10.6. The molecule has 3 N–H and O–H groups in total. The Hall–Kier alpha value is -1.69. The van der Waals surface area contributed by atoms with E-state index in [1.54, 1.807) is 6.08 Å². The van der Waals surface area contributed by atoms with Gasteiger partial charge in [0.15, 0.2) is 0 Å². The van der Waals surface area contributed by atoms with Crippen LogP contribution in [0.4, 0.5) is 0 Å². The number of aliphatic hydroxyl groups excluding tert-OH is 2. The van der Waals surface area contributed by atoms with Gasteiger partial charge in [-0.15, -0.1) is 0 Å². The molecule has 0 bridgehead atoms. The number of rotatable bonds is 8. The van der Waals surface area contributed by atoms with Crippen molar-refractivity contribution in [2.24, 2.45) is 0 Å². The van der Waals surface area contributed by atoms with Crippen LogP contribution >= 0.6 is 22.6 Å². The van der Waals surface area contributed by atoms with E-state index in [0.29, 0.717) is 24.4 Å². The molecule has 2 aliphatic carbocycles. The van der Waals surface area contributed by atoms with Crippen molar-refractivity contribution in [1.82, 2.24) is 10.2 Å². The Morgan fingerprint density at radius 2 is 1.91 bits per heavy atom. The van der Waals surface area contributed by atoms with Gasteiger partial charge < -0.3 is 29.9 Å². The number of hydrogen-bond acceptors (Lipinski definition) is 6. The summed E-state index contributed by atoms with van der Waals surface area (Å²) in [7, 11) is 0. The summed E-state index contributed by atoms with van der Waals surface area (Å²) in [6.45, 7) is 0.528. The lowest BCUT2D eigenvalue weighted by Crippen LogP contribution is -2.60. The third-order valence-corrected chi connectivity index (χ3v) is 7.99. The Morgan fingerprint density at radius 1 is 1.14 bits per heavy atom. The molecule has 1 unspecified atom stereocenters. The van der Waals surface area contributed by atoms with E-state index in [9.17, 15) is 19.8 Å². The van der Waals surface area contributed by atoms with Crippen LogP contribution in [0.25, 0.3) is 0 Å². The van der Waals surface area contributed by atoms with Crippen molar-refractivity contribution in [3.63, 3.8) is 0 Å². The summed E-state index contributed by atoms with van der Waals surface area (Å²) in [6.07, 6.45) is 6.03. The fourth-order valence-electron chi connectivity index (χ4n) is 5.35. The standard InChI is InChI=1S/C26H35IN2O6/c27-19-9-4-5-10-21(19)35-23-16-17(25(32)28-12-13-30)15-20(24(23)31)29(18-7-2-1-3-8-18)26(33)22-11-6-14-34-22/h4-5,9-10,16,18,20,22-24,30-31H,1-3,6-8,11-15H2,(H,28,32)/t20-,22?,23+,24+/m1/s1. The van der Waals surface area contributed by atoms with Gasteiger partial charge in [0, 0.05) is 31.2 Å². The lowest BCUT2D eigenvalue weighted by atomic mass is 9.84. The van der Waals surface area contributed by atoms with E-state index >= 15 is 0 Å². The smallest absolute Gasteiger partial charge is 0.252 e. The number of carbonyl (C=O) groups excluding carboxylic acids is 2. The summed E-state index contributed by atoms with van der Waals surface area (Å²) in [6, 6.07) is 6.89. The molecule has 4 rings (SSSR count). The third-order valence-electron chi connectivity index (χ3n) is 7.10. The zero-order valence-electron chi connectivity index (χ0n) is 19.9. The first kappa shape index (κ1) is 26.4. The Labute approximate surface area is 220 Å². The van der Waals surface area contributed by atoms with Gasteiger partial charge in [0.25, 0.3) is 5.91 Å². The minimum Gasteiger partial charge on any atom is -0.482 e. The van der Waals surface area contributed by atoms with Gasteiger partial charge in [0.05, 0.1) is 16.2 Å². The molecule has 1 heterocycles. The molecule has 192 valence electrons. The molecule has 1 saturated carbocycles. The van der Waals surface area contributed by atoms with Crippen LogP contribution < -0.4 is 10.1 Å². The predicted molar refractivity (Wildman–Crippen MR) is 139 cm³/mol. The highest BCUT2D eigenvalue weighted by Crippen LogP contribution is 2.34. The molecular formula is C26H35IN2O6.